The maximum absolute atomic E-state index is 14.4. The minimum Gasteiger partial charge on any atom is -0.455 e. The Balaban J connectivity index is 2.10. The van der Waals surface area contributed by atoms with Gasteiger partial charge in [-0.05, 0) is 30.5 Å². The average Bonchev–Trinajstić information content (AvgIpc) is 2.99. The second-order valence-electron chi connectivity index (χ2n) is 7.26. The molecule has 3 nitrogen and oxygen atoms in total. The van der Waals surface area contributed by atoms with Crippen LogP contribution in [0, 0.1) is 19.3 Å². The second kappa shape index (κ2) is 6.21. The Bertz CT molecular complexity index is 1250. The predicted molar refractivity (Wildman–Crippen MR) is 105 cm³/mol. The van der Waals surface area contributed by atoms with Gasteiger partial charge in [-0.1, -0.05) is 32.0 Å². The fourth-order valence-corrected chi connectivity index (χ4v) is 3.64. The standard InChI is InChI=1S/C23H20FN2O/c1-13(2)17-11-20(26(5)12-19(17)24)22-14(3)6-8-16-18-10-15(25-4)7-9-21(18)27-23(16)22/h6-13H,1-3,5H3/q+1. The number of aromatic nitrogens is 1. The van der Waals surface area contributed by atoms with Crippen molar-refractivity contribution in [3.05, 3.63) is 71.0 Å². The van der Waals surface area contributed by atoms with Gasteiger partial charge in [0, 0.05) is 22.4 Å². The van der Waals surface area contributed by atoms with Gasteiger partial charge >= 0.3 is 0 Å². The topological polar surface area (TPSA) is 21.4 Å². The van der Waals surface area contributed by atoms with Crippen LogP contribution < -0.4 is 4.57 Å². The summed E-state index contributed by atoms with van der Waals surface area (Å²) >= 11 is 0. The maximum atomic E-state index is 14.4. The van der Waals surface area contributed by atoms with E-state index in [1.54, 1.807) is 10.6 Å². The Morgan fingerprint density at radius 1 is 1.11 bits per heavy atom. The molecule has 0 saturated carbocycles. The van der Waals surface area contributed by atoms with Crippen molar-refractivity contribution in [1.29, 1.82) is 0 Å². The van der Waals surface area contributed by atoms with Gasteiger partial charge in [0.05, 0.1) is 12.1 Å². The third kappa shape index (κ3) is 2.67. The highest BCUT2D eigenvalue weighted by Gasteiger charge is 2.23. The summed E-state index contributed by atoms with van der Waals surface area (Å²) in [6, 6.07) is 11.5. The molecule has 4 aromatic rings. The van der Waals surface area contributed by atoms with Gasteiger partial charge in [0.2, 0.25) is 11.9 Å². The Morgan fingerprint density at radius 3 is 2.59 bits per heavy atom. The van der Waals surface area contributed by atoms with Crippen molar-refractivity contribution >= 4 is 27.6 Å². The van der Waals surface area contributed by atoms with Crippen molar-refractivity contribution in [2.45, 2.75) is 26.7 Å². The summed E-state index contributed by atoms with van der Waals surface area (Å²) in [5, 5.41) is 1.89. The first-order valence-electron chi connectivity index (χ1n) is 8.93. The Morgan fingerprint density at radius 2 is 1.89 bits per heavy atom. The quantitative estimate of drug-likeness (QED) is 0.308. The van der Waals surface area contributed by atoms with Crippen molar-refractivity contribution in [2.75, 3.05) is 0 Å². The highest BCUT2D eigenvalue weighted by molar-refractivity contribution is 6.10. The monoisotopic (exact) mass is 359 g/mol. The van der Waals surface area contributed by atoms with E-state index < -0.39 is 0 Å². The van der Waals surface area contributed by atoms with Crippen molar-refractivity contribution in [2.24, 2.45) is 7.05 Å². The lowest BCUT2D eigenvalue weighted by Crippen LogP contribution is -2.32. The number of rotatable bonds is 2. The number of hydrogen-bond acceptors (Lipinski definition) is 1. The minimum atomic E-state index is -0.201. The summed E-state index contributed by atoms with van der Waals surface area (Å²) in [5.41, 5.74) is 5.71. The SMILES string of the molecule is [C-]#[N+]c1ccc2oc3c(-c4cc(C(C)C)c(F)c[n+]4C)c(C)ccc3c2c1. The van der Waals surface area contributed by atoms with Crippen molar-refractivity contribution < 1.29 is 13.4 Å². The molecule has 2 heterocycles. The second-order valence-corrected chi connectivity index (χ2v) is 7.26. The molecule has 134 valence electrons. The zero-order valence-electron chi connectivity index (χ0n) is 15.8. The van der Waals surface area contributed by atoms with E-state index in [0.29, 0.717) is 11.3 Å². The fourth-order valence-electron chi connectivity index (χ4n) is 3.64. The number of fused-ring (bicyclic) bond motifs is 3. The van der Waals surface area contributed by atoms with Crippen LogP contribution in [0.3, 0.4) is 0 Å². The highest BCUT2D eigenvalue weighted by Crippen LogP contribution is 2.38. The van der Waals surface area contributed by atoms with E-state index in [4.69, 9.17) is 11.0 Å². The van der Waals surface area contributed by atoms with Crippen LogP contribution in [0.2, 0.25) is 0 Å². The van der Waals surface area contributed by atoms with Crippen molar-refractivity contribution in [3.8, 4) is 11.3 Å². The van der Waals surface area contributed by atoms with Crippen LogP contribution >= 0.6 is 0 Å². The minimum absolute atomic E-state index is 0.0846. The van der Waals surface area contributed by atoms with E-state index in [9.17, 15) is 4.39 Å². The molecule has 2 aromatic carbocycles. The summed E-state index contributed by atoms with van der Waals surface area (Å²) in [6.45, 7) is 13.3. The maximum Gasteiger partial charge on any atom is 0.216 e. The van der Waals surface area contributed by atoms with Crippen LogP contribution in [-0.2, 0) is 7.05 Å². The molecule has 27 heavy (non-hydrogen) atoms. The highest BCUT2D eigenvalue weighted by atomic mass is 19.1. The Hall–Kier alpha value is -3.19. The Kier molecular flexibility index (Phi) is 3.96. The summed E-state index contributed by atoms with van der Waals surface area (Å²) in [7, 11) is 1.85. The van der Waals surface area contributed by atoms with E-state index >= 15 is 0 Å². The summed E-state index contributed by atoms with van der Waals surface area (Å²) in [6.07, 6.45) is 1.53. The molecule has 0 unspecified atom stereocenters. The summed E-state index contributed by atoms with van der Waals surface area (Å²) < 4.78 is 22.4. The third-order valence-electron chi connectivity index (χ3n) is 5.09. The number of halogens is 1. The molecule has 0 bridgehead atoms. The van der Waals surface area contributed by atoms with Crippen LogP contribution in [0.5, 0.6) is 0 Å². The molecule has 0 fully saturated rings. The molecule has 0 N–H and O–H groups in total. The zero-order valence-corrected chi connectivity index (χ0v) is 15.8. The number of furan rings is 1. The first-order chi connectivity index (χ1) is 12.9. The molecule has 0 spiro atoms. The summed E-state index contributed by atoms with van der Waals surface area (Å²) in [5.74, 6) is -0.117. The predicted octanol–water partition coefficient (Wildman–Crippen LogP) is 6.20. The number of benzene rings is 2. The van der Waals surface area contributed by atoms with Crippen molar-refractivity contribution in [1.82, 2.24) is 0 Å². The average molecular weight is 359 g/mol. The molecule has 0 atom stereocenters. The van der Waals surface area contributed by atoms with E-state index in [0.717, 1.165) is 38.8 Å². The summed E-state index contributed by atoms with van der Waals surface area (Å²) in [4.78, 5) is 3.52. The van der Waals surface area contributed by atoms with E-state index in [2.05, 4.69) is 10.9 Å². The van der Waals surface area contributed by atoms with Crippen LogP contribution in [-0.4, -0.2) is 0 Å². The number of nitrogens with zero attached hydrogens (tertiary/aromatic N) is 2. The molecule has 0 aliphatic heterocycles. The van der Waals surface area contributed by atoms with Gasteiger partial charge < -0.3 is 4.42 Å². The van der Waals surface area contributed by atoms with Crippen LogP contribution in [0.4, 0.5) is 10.1 Å². The lowest BCUT2D eigenvalue weighted by Gasteiger charge is -2.10. The fraction of sp³-hybridized carbons (Fsp3) is 0.217. The van der Waals surface area contributed by atoms with Gasteiger partial charge in [-0.2, -0.15) is 4.57 Å². The van der Waals surface area contributed by atoms with E-state index in [-0.39, 0.29) is 11.7 Å². The van der Waals surface area contributed by atoms with E-state index in [1.165, 1.54) is 6.20 Å². The Labute approximate surface area is 157 Å². The molecule has 0 aliphatic rings. The molecule has 0 aliphatic carbocycles. The molecule has 0 amide bonds. The zero-order chi connectivity index (χ0) is 19.3. The van der Waals surface area contributed by atoms with E-state index in [1.807, 2.05) is 52.1 Å². The molecule has 0 radical (unpaired) electrons. The van der Waals surface area contributed by atoms with Crippen molar-refractivity contribution in [3.63, 3.8) is 0 Å². The molecular formula is C23H20FN2O+. The van der Waals surface area contributed by atoms with Gasteiger partial charge in [-0.25, -0.2) is 9.24 Å². The normalized spacial score (nSPS) is 11.4. The van der Waals surface area contributed by atoms with Gasteiger partial charge in [-0.15, -0.1) is 0 Å². The van der Waals surface area contributed by atoms with Gasteiger partial charge in [-0.3, -0.25) is 0 Å². The first-order valence-corrected chi connectivity index (χ1v) is 8.93. The van der Waals surface area contributed by atoms with Crippen LogP contribution in [0.1, 0.15) is 30.9 Å². The largest absolute Gasteiger partial charge is 0.455 e. The molecule has 0 saturated heterocycles. The molecule has 2 aromatic heterocycles. The number of hydrogen-bond donors (Lipinski definition) is 0. The molecule has 4 heteroatoms. The molecular weight excluding hydrogens is 339 g/mol. The third-order valence-corrected chi connectivity index (χ3v) is 5.09. The lowest BCUT2D eigenvalue weighted by molar-refractivity contribution is -0.662. The van der Waals surface area contributed by atoms with Crippen LogP contribution in [0.25, 0.3) is 38.0 Å². The number of pyridine rings is 1. The van der Waals surface area contributed by atoms with Gasteiger partial charge in [0.25, 0.3) is 0 Å². The van der Waals surface area contributed by atoms with Gasteiger partial charge in [0.1, 0.15) is 18.2 Å². The smallest absolute Gasteiger partial charge is 0.216 e. The number of aryl methyl sites for hydroxylation is 2. The van der Waals surface area contributed by atoms with Gasteiger partial charge in [0.15, 0.2) is 11.5 Å². The molecule has 4 rings (SSSR count). The first kappa shape index (κ1) is 17.2. The lowest BCUT2D eigenvalue weighted by atomic mass is 9.97. The van der Waals surface area contributed by atoms with Crippen LogP contribution in [0.15, 0.2) is 47.0 Å².